The van der Waals surface area contributed by atoms with Crippen LogP contribution in [0.25, 0.3) is 11.5 Å². The van der Waals surface area contributed by atoms with Crippen LogP contribution in [0.4, 0.5) is 0 Å². The third kappa shape index (κ3) is 4.66. The van der Waals surface area contributed by atoms with Crippen molar-refractivity contribution in [1.29, 1.82) is 0 Å². The molecule has 0 unspecified atom stereocenters. The third-order valence-electron chi connectivity index (χ3n) is 5.96. The van der Waals surface area contributed by atoms with E-state index in [1.165, 1.54) is 42.5 Å². The number of aryl methyl sites for hydroxylation is 1. The topological polar surface area (TPSA) is 69.6 Å². The third-order valence-corrected chi connectivity index (χ3v) is 7.88. The minimum absolute atomic E-state index is 0.0113. The zero-order chi connectivity index (χ0) is 21.9. The van der Waals surface area contributed by atoms with Gasteiger partial charge in [0.1, 0.15) is 5.82 Å². The summed E-state index contributed by atoms with van der Waals surface area (Å²) in [6, 6.07) is 12.9. The van der Waals surface area contributed by atoms with Crippen LogP contribution in [-0.4, -0.2) is 25.0 Å². The van der Waals surface area contributed by atoms with Gasteiger partial charge in [-0.2, -0.15) is 0 Å². The van der Waals surface area contributed by atoms with Crippen molar-refractivity contribution in [3.8, 4) is 11.5 Å². The molecule has 1 saturated carbocycles. The van der Waals surface area contributed by atoms with Gasteiger partial charge >= 0.3 is 0 Å². The Morgan fingerprint density at radius 3 is 2.62 bits per heavy atom. The minimum atomic E-state index is -0.0113. The lowest BCUT2D eigenvalue weighted by molar-refractivity contribution is 0.330. The Hall–Kier alpha value is -2.45. The van der Waals surface area contributed by atoms with Crippen LogP contribution in [0.1, 0.15) is 72.5 Å². The highest BCUT2D eigenvalue weighted by molar-refractivity contribution is 7.99. The Kier molecular flexibility index (Phi) is 6.41. The summed E-state index contributed by atoms with van der Waals surface area (Å²) in [6.07, 6.45) is 7.07. The van der Waals surface area contributed by atoms with Crippen LogP contribution < -0.4 is 0 Å². The molecule has 8 heteroatoms. The van der Waals surface area contributed by atoms with Gasteiger partial charge in [0.25, 0.3) is 0 Å². The second-order valence-electron chi connectivity index (χ2n) is 8.39. The first-order valence-corrected chi connectivity index (χ1v) is 13.0. The van der Waals surface area contributed by atoms with Crippen LogP contribution in [0.3, 0.4) is 0 Å². The predicted molar refractivity (Wildman–Crippen MR) is 128 cm³/mol. The number of hydrogen-bond donors (Lipinski definition) is 0. The summed E-state index contributed by atoms with van der Waals surface area (Å²) in [5.74, 6) is 2.23. The van der Waals surface area contributed by atoms with E-state index in [1.807, 2.05) is 12.1 Å². The number of thiophene rings is 1. The van der Waals surface area contributed by atoms with Gasteiger partial charge in [0.05, 0.1) is 5.25 Å². The van der Waals surface area contributed by atoms with Gasteiger partial charge in [-0.1, -0.05) is 54.8 Å². The summed E-state index contributed by atoms with van der Waals surface area (Å²) in [5, 5.41) is 20.9. The maximum atomic E-state index is 6.02. The molecule has 0 saturated heterocycles. The Morgan fingerprint density at radius 1 is 1.06 bits per heavy atom. The SMILES string of the molecule is Cc1ccc(-c2nnc([C@H](C)Sc3nnc(Cc4cccs4)n3C3CCCCC3)o2)cc1. The molecule has 0 spiro atoms. The molecule has 0 radical (unpaired) electrons. The molecule has 166 valence electrons. The first kappa shape index (κ1) is 21.4. The van der Waals surface area contributed by atoms with Crippen LogP contribution in [0, 0.1) is 6.92 Å². The number of thioether (sulfide) groups is 1. The van der Waals surface area contributed by atoms with Crippen molar-refractivity contribution in [2.75, 3.05) is 0 Å². The summed E-state index contributed by atoms with van der Waals surface area (Å²) in [5.41, 5.74) is 2.15. The normalized spacial score (nSPS) is 15.8. The van der Waals surface area contributed by atoms with Crippen molar-refractivity contribution < 1.29 is 4.42 Å². The van der Waals surface area contributed by atoms with E-state index >= 15 is 0 Å². The summed E-state index contributed by atoms with van der Waals surface area (Å²) >= 11 is 3.43. The zero-order valence-corrected chi connectivity index (χ0v) is 20.0. The molecule has 0 amide bonds. The molecule has 1 aromatic carbocycles. The van der Waals surface area contributed by atoms with Gasteiger partial charge in [-0.15, -0.1) is 31.7 Å². The van der Waals surface area contributed by atoms with E-state index in [4.69, 9.17) is 4.42 Å². The monoisotopic (exact) mass is 465 g/mol. The van der Waals surface area contributed by atoms with Crippen LogP contribution >= 0.6 is 23.1 Å². The number of benzene rings is 1. The Bertz CT molecular complexity index is 1140. The Balaban J connectivity index is 1.38. The van der Waals surface area contributed by atoms with Gasteiger partial charge in [-0.05, 0) is 50.3 Å². The summed E-state index contributed by atoms with van der Waals surface area (Å²) in [6.45, 7) is 4.16. The fourth-order valence-corrected chi connectivity index (χ4v) is 5.87. The largest absolute Gasteiger partial charge is 0.419 e. The van der Waals surface area contributed by atoms with Crippen molar-refractivity contribution in [3.05, 3.63) is 63.9 Å². The lowest BCUT2D eigenvalue weighted by Crippen LogP contribution is -2.17. The number of nitrogens with zero attached hydrogens (tertiary/aromatic N) is 5. The molecular formula is C24H27N5OS2. The molecule has 5 rings (SSSR count). The molecule has 1 aliphatic carbocycles. The maximum absolute atomic E-state index is 6.02. The van der Waals surface area contributed by atoms with E-state index < -0.39 is 0 Å². The Morgan fingerprint density at radius 2 is 1.88 bits per heavy atom. The average Bonchev–Trinajstić information content (AvgIpc) is 3.57. The van der Waals surface area contributed by atoms with E-state index in [0.29, 0.717) is 17.8 Å². The van der Waals surface area contributed by atoms with E-state index in [0.717, 1.165) is 23.0 Å². The molecule has 0 bridgehead atoms. The Labute approximate surface area is 196 Å². The summed E-state index contributed by atoms with van der Waals surface area (Å²) in [4.78, 5) is 1.32. The van der Waals surface area contributed by atoms with E-state index in [2.05, 4.69) is 68.5 Å². The van der Waals surface area contributed by atoms with Gasteiger partial charge < -0.3 is 8.98 Å². The van der Waals surface area contributed by atoms with Crippen molar-refractivity contribution in [3.63, 3.8) is 0 Å². The maximum Gasteiger partial charge on any atom is 0.247 e. The van der Waals surface area contributed by atoms with Crippen molar-refractivity contribution in [2.45, 2.75) is 68.8 Å². The van der Waals surface area contributed by atoms with Crippen LogP contribution in [0.2, 0.25) is 0 Å². The lowest BCUT2D eigenvalue weighted by atomic mass is 9.95. The van der Waals surface area contributed by atoms with Crippen LogP contribution in [0.5, 0.6) is 0 Å². The first-order valence-electron chi connectivity index (χ1n) is 11.2. The second-order valence-corrected chi connectivity index (χ2v) is 10.7. The van der Waals surface area contributed by atoms with Crippen LogP contribution in [0.15, 0.2) is 51.4 Å². The zero-order valence-electron chi connectivity index (χ0n) is 18.4. The molecule has 1 fully saturated rings. The van der Waals surface area contributed by atoms with Gasteiger partial charge in [-0.25, -0.2) is 0 Å². The summed E-state index contributed by atoms with van der Waals surface area (Å²) in [7, 11) is 0. The number of rotatable bonds is 7. The highest BCUT2D eigenvalue weighted by Gasteiger charge is 2.26. The van der Waals surface area contributed by atoms with E-state index in [9.17, 15) is 0 Å². The van der Waals surface area contributed by atoms with Crippen molar-refractivity contribution in [2.24, 2.45) is 0 Å². The standard InChI is InChI=1S/C24H27N5OS2/c1-16-10-12-18(13-11-16)23-27-26-22(30-23)17(2)32-24-28-25-21(15-20-9-6-14-31-20)29(24)19-7-4-3-5-8-19/h6,9-14,17,19H,3-5,7-8,15H2,1-2H3/t17-/m0/s1. The van der Waals surface area contributed by atoms with Crippen molar-refractivity contribution >= 4 is 23.1 Å². The fourth-order valence-electron chi connectivity index (χ4n) is 4.20. The lowest BCUT2D eigenvalue weighted by Gasteiger charge is -2.26. The molecule has 1 atom stereocenters. The smallest absolute Gasteiger partial charge is 0.247 e. The molecule has 4 aromatic rings. The quantitative estimate of drug-likeness (QED) is 0.285. The number of aromatic nitrogens is 5. The van der Waals surface area contributed by atoms with Crippen molar-refractivity contribution in [1.82, 2.24) is 25.0 Å². The summed E-state index contributed by atoms with van der Waals surface area (Å²) < 4.78 is 8.41. The molecule has 0 N–H and O–H groups in total. The van der Waals surface area contributed by atoms with Gasteiger partial charge in [0.2, 0.25) is 11.8 Å². The second kappa shape index (κ2) is 9.58. The highest BCUT2D eigenvalue weighted by atomic mass is 32.2. The average molecular weight is 466 g/mol. The minimum Gasteiger partial charge on any atom is -0.419 e. The first-order chi connectivity index (χ1) is 15.7. The molecule has 3 heterocycles. The molecule has 32 heavy (non-hydrogen) atoms. The predicted octanol–water partition coefficient (Wildman–Crippen LogP) is 6.65. The molecule has 3 aromatic heterocycles. The molecular weight excluding hydrogens is 438 g/mol. The molecule has 6 nitrogen and oxygen atoms in total. The molecule has 0 aliphatic heterocycles. The highest BCUT2D eigenvalue weighted by Crippen LogP contribution is 2.39. The fraction of sp³-hybridized carbons (Fsp3) is 0.417. The van der Waals surface area contributed by atoms with Gasteiger partial charge in [-0.3, -0.25) is 0 Å². The van der Waals surface area contributed by atoms with E-state index in [-0.39, 0.29) is 5.25 Å². The van der Waals surface area contributed by atoms with E-state index in [1.54, 1.807) is 23.1 Å². The van der Waals surface area contributed by atoms with Gasteiger partial charge in [0.15, 0.2) is 5.16 Å². The van der Waals surface area contributed by atoms with Crippen LogP contribution in [-0.2, 0) is 6.42 Å². The number of hydrogen-bond acceptors (Lipinski definition) is 7. The molecule has 1 aliphatic rings. The van der Waals surface area contributed by atoms with Gasteiger partial charge in [0, 0.05) is 22.9 Å².